The molecular formula is C19H25N3O3. The number of hydrogen-bond acceptors (Lipinski definition) is 5. The highest BCUT2D eigenvalue weighted by Crippen LogP contribution is 2.23. The van der Waals surface area contributed by atoms with Crippen molar-refractivity contribution < 1.29 is 14.1 Å². The maximum atomic E-state index is 12.2. The van der Waals surface area contributed by atoms with Crippen molar-refractivity contribution in [2.75, 3.05) is 7.11 Å². The summed E-state index contributed by atoms with van der Waals surface area (Å²) in [4.78, 5) is 12.2. The van der Waals surface area contributed by atoms with Crippen LogP contribution in [0.4, 0.5) is 0 Å². The lowest BCUT2D eigenvalue weighted by atomic mass is 10.1. The first kappa shape index (κ1) is 17.5. The molecule has 134 valence electrons. The molecule has 1 unspecified atom stereocenters. The number of nitrogens with zero attached hydrogens (tertiary/aromatic N) is 1. The number of carbonyl (C=O) groups excluding carboxylic acids is 1. The van der Waals surface area contributed by atoms with Crippen LogP contribution >= 0.6 is 0 Å². The highest BCUT2D eigenvalue weighted by Gasteiger charge is 2.20. The van der Waals surface area contributed by atoms with E-state index in [-0.39, 0.29) is 11.9 Å². The number of benzene rings is 1. The summed E-state index contributed by atoms with van der Waals surface area (Å²) in [6.07, 6.45) is 4.59. The Morgan fingerprint density at radius 2 is 2.16 bits per heavy atom. The van der Waals surface area contributed by atoms with E-state index in [0.29, 0.717) is 18.3 Å². The molecule has 0 bridgehead atoms. The first-order chi connectivity index (χ1) is 12.2. The third-order valence-corrected chi connectivity index (χ3v) is 4.60. The third-order valence-electron chi connectivity index (χ3n) is 4.60. The van der Waals surface area contributed by atoms with Crippen LogP contribution in [0.5, 0.6) is 5.75 Å². The van der Waals surface area contributed by atoms with Crippen LogP contribution in [0.15, 0.2) is 34.9 Å². The van der Waals surface area contributed by atoms with E-state index >= 15 is 0 Å². The van der Waals surface area contributed by atoms with Crippen molar-refractivity contribution >= 4 is 5.91 Å². The molecule has 2 aromatic rings. The van der Waals surface area contributed by atoms with Gasteiger partial charge in [-0.05, 0) is 31.9 Å². The molecule has 1 fully saturated rings. The molecule has 1 aliphatic carbocycles. The number of ether oxygens (including phenoxy) is 1. The van der Waals surface area contributed by atoms with Crippen LogP contribution in [0.1, 0.15) is 38.4 Å². The van der Waals surface area contributed by atoms with Gasteiger partial charge in [0.25, 0.3) is 0 Å². The average Bonchev–Trinajstić information content (AvgIpc) is 3.31. The Morgan fingerprint density at radius 3 is 2.92 bits per heavy atom. The smallest absolute Gasteiger partial charge is 0.237 e. The van der Waals surface area contributed by atoms with Crippen molar-refractivity contribution in [3.05, 3.63) is 36.1 Å². The van der Waals surface area contributed by atoms with Gasteiger partial charge in [0.15, 0.2) is 5.76 Å². The van der Waals surface area contributed by atoms with E-state index < -0.39 is 0 Å². The molecule has 0 aliphatic heterocycles. The lowest BCUT2D eigenvalue weighted by molar-refractivity contribution is -0.123. The van der Waals surface area contributed by atoms with Crippen LogP contribution in [0, 0.1) is 0 Å². The minimum atomic E-state index is -0.272. The SMILES string of the molecule is COc1cccc(-c2cc(CNC(C)C(=O)NC3CCCC3)on2)c1. The summed E-state index contributed by atoms with van der Waals surface area (Å²) in [5, 5.41) is 10.4. The Hall–Kier alpha value is -2.34. The molecule has 1 heterocycles. The summed E-state index contributed by atoms with van der Waals surface area (Å²) in [5.74, 6) is 1.51. The van der Waals surface area contributed by atoms with Gasteiger partial charge >= 0.3 is 0 Å². The standard InChI is InChI=1S/C19H25N3O3/c1-13(19(23)21-15-7-3-4-8-15)20-12-17-11-18(22-25-17)14-6-5-9-16(10-14)24-2/h5-6,9-11,13,15,20H,3-4,7-8,12H2,1-2H3,(H,21,23). The number of nitrogens with one attached hydrogen (secondary N) is 2. The number of hydrogen-bond donors (Lipinski definition) is 2. The van der Waals surface area contributed by atoms with Gasteiger partial charge in [-0.25, -0.2) is 0 Å². The van der Waals surface area contributed by atoms with Crippen LogP contribution < -0.4 is 15.4 Å². The van der Waals surface area contributed by atoms with E-state index in [1.165, 1.54) is 12.8 Å². The third kappa shape index (κ3) is 4.60. The molecule has 1 saturated carbocycles. The molecule has 1 atom stereocenters. The molecular weight excluding hydrogens is 318 g/mol. The highest BCUT2D eigenvalue weighted by atomic mass is 16.5. The molecule has 0 spiro atoms. The molecule has 0 radical (unpaired) electrons. The summed E-state index contributed by atoms with van der Waals surface area (Å²) in [7, 11) is 1.63. The second-order valence-electron chi connectivity index (χ2n) is 6.50. The summed E-state index contributed by atoms with van der Waals surface area (Å²) in [6, 6.07) is 9.60. The van der Waals surface area contributed by atoms with E-state index in [4.69, 9.17) is 9.26 Å². The van der Waals surface area contributed by atoms with Gasteiger partial charge in [-0.2, -0.15) is 0 Å². The Morgan fingerprint density at radius 1 is 1.36 bits per heavy atom. The Labute approximate surface area is 147 Å². The average molecular weight is 343 g/mol. The molecule has 25 heavy (non-hydrogen) atoms. The van der Waals surface area contributed by atoms with E-state index in [9.17, 15) is 4.79 Å². The summed E-state index contributed by atoms with van der Waals surface area (Å²) in [6.45, 7) is 2.32. The van der Waals surface area contributed by atoms with Crippen molar-refractivity contribution in [2.24, 2.45) is 0 Å². The number of methoxy groups -OCH3 is 1. The molecule has 1 amide bonds. The van der Waals surface area contributed by atoms with Crippen molar-refractivity contribution in [3.63, 3.8) is 0 Å². The van der Waals surface area contributed by atoms with E-state index in [2.05, 4.69) is 15.8 Å². The van der Waals surface area contributed by atoms with Crippen LogP contribution in [0.25, 0.3) is 11.3 Å². The van der Waals surface area contributed by atoms with Crippen LogP contribution in [-0.2, 0) is 11.3 Å². The molecule has 6 heteroatoms. The van der Waals surface area contributed by atoms with Gasteiger partial charge in [0, 0.05) is 17.7 Å². The zero-order chi connectivity index (χ0) is 17.6. The predicted octanol–water partition coefficient (Wildman–Crippen LogP) is 2.89. The van der Waals surface area contributed by atoms with Crippen LogP contribution in [-0.4, -0.2) is 30.3 Å². The van der Waals surface area contributed by atoms with Gasteiger partial charge in [-0.15, -0.1) is 0 Å². The van der Waals surface area contributed by atoms with E-state index in [1.54, 1.807) is 7.11 Å². The second-order valence-corrected chi connectivity index (χ2v) is 6.50. The maximum absolute atomic E-state index is 12.2. The lowest BCUT2D eigenvalue weighted by Crippen LogP contribution is -2.45. The van der Waals surface area contributed by atoms with Gasteiger partial charge < -0.3 is 14.6 Å². The number of aromatic nitrogens is 1. The number of carbonyl (C=O) groups is 1. The molecule has 0 saturated heterocycles. The normalized spacial score (nSPS) is 15.9. The van der Waals surface area contributed by atoms with Gasteiger partial charge in [0.1, 0.15) is 11.4 Å². The Balaban J connectivity index is 1.53. The maximum Gasteiger partial charge on any atom is 0.237 e. The largest absolute Gasteiger partial charge is 0.497 e. The summed E-state index contributed by atoms with van der Waals surface area (Å²) in [5.41, 5.74) is 1.68. The van der Waals surface area contributed by atoms with Crippen molar-refractivity contribution in [1.82, 2.24) is 15.8 Å². The Kier molecular flexibility index (Phi) is 5.71. The Bertz CT molecular complexity index is 707. The first-order valence-corrected chi connectivity index (χ1v) is 8.79. The fourth-order valence-electron chi connectivity index (χ4n) is 3.06. The van der Waals surface area contributed by atoms with Gasteiger partial charge in [0.2, 0.25) is 5.91 Å². The molecule has 2 N–H and O–H groups in total. The summed E-state index contributed by atoms with van der Waals surface area (Å²) < 4.78 is 10.6. The van der Waals surface area contributed by atoms with Crippen LogP contribution in [0.2, 0.25) is 0 Å². The van der Waals surface area contributed by atoms with Gasteiger partial charge in [0.05, 0.1) is 19.7 Å². The monoisotopic (exact) mass is 343 g/mol. The minimum absolute atomic E-state index is 0.0411. The van der Waals surface area contributed by atoms with E-state index in [1.807, 2.05) is 37.3 Å². The van der Waals surface area contributed by atoms with Crippen LogP contribution in [0.3, 0.4) is 0 Å². The lowest BCUT2D eigenvalue weighted by Gasteiger charge is -2.17. The molecule has 1 aromatic heterocycles. The minimum Gasteiger partial charge on any atom is -0.497 e. The van der Waals surface area contributed by atoms with Gasteiger partial charge in [-0.3, -0.25) is 10.1 Å². The zero-order valence-electron chi connectivity index (χ0n) is 14.7. The topological polar surface area (TPSA) is 76.4 Å². The zero-order valence-corrected chi connectivity index (χ0v) is 14.7. The van der Waals surface area contributed by atoms with Crippen molar-refractivity contribution in [3.8, 4) is 17.0 Å². The molecule has 3 rings (SSSR count). The summed E-state index contributed by atoms with van der Waals surface area (Å²) >= 11 is 0. The van der Waals surface area contributed by atoms with E-state index in [0.717, 1.165) is 29.8 Å². The second kappa shape index (κ2) is 8.16. The number of rotatable bonds is 7. The highest BCUT2D eigenvalue weighted by molar-refractivity contribution is 5.81. The fraction of sp³-hybridized carbons (Fsp3) is 0.474. The quantitative estimate of drug-likeness (QED) is 0.808. The van der Waals surface area contributed by atoms with Gasteiger partial charge in [-0.1, -0.05) is 30.1 Å². The molecule has 1 aromatic carbocycles. The fourth-order valence-corrected chi connectivity index (χ4v) is 3.06. The van der Waals surface area contributed by atoms with Crippen molar-refractivity contribution in [2.45, 2.75) is 51.2 Å². The first-order valence-electron chi connectivity index (χ1n) is 8.79. The number of amides is 1. The predicted molar refractivity (Wildman–Crippen MR) is 95.2 cm³/mol. The molecule has 1 aliphatic rings. The molecule has 6 nitrogen and oxygen atoms in total. The van der Waals surface area contributed by atoms with Crippen molar-refractivity contribution in [1.29, 1.82) is 0 Å².